The molecular weight excluding hydrogens is 697 g/mol. The van der Waals surface area contributed by atoms with Gasteiger partial charge in [-0.2, -0.15) is 0 Å². The van der Waals surface area contributed by atoms with Crippen molar-refractivity contribution in [2.75, 3.05) is 54.4 Å². The van der Waals surface area contributed by atoms with Gasteiger partial charge in [-0.25, -0.2) is 0 Å². The Bertz CT molecular complexity index is 1840. The van der Waals surface area contributed by atoms with Crippen molar-refractivity contribution in [3.05, 3.63) is 115 Å². The Morgan fingerprint density at radius 1 is 0.375 bits per heavy atom. The van der Waals surface area contributed by atoms with Crippen molar-refractivity contribution in [1.29, 1.82) is 0 Å². The molecule has 0 aliphatic heterocycles. The van der Waals surface area contributed by atoms with E-state index in [1.807, 2.05) is 96.3 Å². The van der Waals surface area contributed by atoms with Crippen LogP contribution in [0.4, 0.5) is 0 Å². The SMILES string of the molecule is C#CCN(C)Cc1cc2c(O)c(c1)Cc1cc(CN(C)CC#C)cc(c1O)Cc1cc(CN(C)CC#C)cc(c1O)Cc1cc(CN(C)CC#C)cc(c1O)C2. The highest BCUT2D eigenvalue weighted by molar-refractivity contribution is 5.57. The maximum Gasteiger partial charge on any atom is 0.122 e. The third-order valence-electron chi connectivity index (χ3n) is 10.1. The lowest BCUT2D eigenvalue weighted by molar-refractivity contribution is 0.367. The average Bonchev–Trinajstić information content (AvgIpc) is 3.12. The molecule has 8 bridgehead atoms. The number of aromatic hydroxyl groups is 4. The van der Waals surface area contributed by atoms with Crippen LogP contribution in [0.3, 0.4) is 0 Å². The van der Waals surface area contributed by atoms with Gasteiger partial charge in [0.2, 0.25) is 0 Å². The first-order valence-electron chi connectivity index (χ1n) is 18.6. The van der Waals surface area contributed by atoms with Crippen molar-refractivity contribution in [3.63, 3.8) is 0 Å². The maximum absolute atomic E-state index is 12.0. The molecule has 4 aromatic carbocycles. The van der Waals surface area contributed by atoms with Crippen LogP contribution in [0.1, 0.15) is 66.8 Å². The van der Waals surface area contributed by atoms with Crippen molar-refractivity contribution in [2.24, 2.45) is 0 Å². The van der Waals surface area contributed by atoms with Crippen LogP contribution in [0.25, 0.3) is 0 Å². The molecule has 0 fully saturated rings. The minimum Gasteiger partial charge on any atom is -0.507 e. The van der Waals surface area contributed by atoms with Crippen molar-refractivity contribution >= 4 is 0 Å². The molecule has 0 saturated heterocycles. The first-order chi connectivity index (χ1) is 26.8. The molecule has 288 valence electrons. The minimum atomic E-state index is 0.0932. The van der Waals surface area contributed by atoms with E-state index < -0.39 is 0 Å². The summed E-state index contributed by atoms with van der Waals surface area (Å²) in [6.45, 7) is 3.87. The van der Waals surface area contributed by atoms with Gasteiger partial charge in [0.05, 0.1) is 26.2 Å². The molecule has 5 rings (SSSR count). The van der Waals surface area contributed by atoms with Gasteiger partial charge in [-0.05, 0) is 95.0 Å². The lowest BCUT2D eigenvalue weighted by Crippen LogP contribution is -2.19. The fourth-order valence-corrected chi connectivity index (χ4v) is 7.69. The summed E-state index contributed by atoms with van der Waals surface area (Å²) in [5.74, 6) is 11.2. The molecule has 4 aromatic rings. The van der Waals surface area contributed by atoms with Gasteiger partial charge < -0.3 is 20.4 Å². The van der Waals surface area contributed by atoms with E-state index in [-0.39, 0.29) is 48.7 Å². The number of phenols is 4. The smallest absolute Gasteiger partial charge is 0.122 e. The van der Waals surface area contributed by atoms with Gasteiger partial charge in [0, 0.05) is 51.9 Å². The zero-order valence-corrected chi connectivity index (χ0v) is 33.0. The number of benzene rings is 4. The van der Waals surface area contributed by atoms with Gasteiger partial charge in [-0.1, -0.05) is 72.2 Å². The Hall–Kier alpha value is -5.84. The van der Waals surface area contributed by atoms with E-state index in [4.69, 9.17) is 25.7 Å². The Kier molecular flexibility index (Phi) is 13.8. The fourth-order valence-electron chi connectivity index (χ4n) is 7.69. The second kappa shape index (κ2) is 18.7. The van der Waals surface area contributed by atoms with Gasteiger partial charge in [-0.15, -0.1) is 25.7 Å². The summed E-state index contributed by atoms with van der Waals surface area (Å²) in [4.78, 5) is 8.05. The molecule has 0 atom stereocenters. The molecule has 0 spiro atoms. The predicted octanol–water partition coefficient (Wildman–Crippen LogP) is 5.45. The number of hydrogen-bond donors (Lipinski definition) is 4. The van der Waals surface area contributed by atoms with E-state index in [2.05, 4.69) is 23.7 Å². The number of phenolic OH excluding ortho intramolecular Hbond substituents is 4. The molecule has 8 nitrogen and oxygen atoms in total. The van der Waals surface area contributed by atoms with E-state index >= 15 is 0 Å². The topological polar surface area (TPSA) is 93.9 Å². The number of hydrogen-bond acceptors (Lipinski definition) is 8. The largest absolute Gasteiger partial charge is 0.507 e. The monoisotopic (exact) mass is 748 g/mol. The lowest BCUT2D eigenvalue weighted by atomic mass is 9.88. The van der Waals surface area contributed by atoms with Crippen molar-refractivity contribution < 1.29 is 20.4 Å². The molecule has 0 radical (unpaired) electrons. The molecule has 0 unspecified atom stereocenters. The second-order valence-corrected chi connectivity index (χ2v) is 15.3. The highest BCUT2D eigenvalue weighted by Gasteiger charge is 2.22. The van der Waals surface area contributed by atoms with Crippen LogP contribution in [-0.4, -0.2) is 94.4 Å². The Morgan fingerprint density at radius 3 is 0.679 bits per heavy atom. The van der Waals surface area contributed by atoms with Crippen LogP contribution in [0.2, 0.25) is 0 Å². The maximum atomic E-state index is 12.0. The van der Waals surface area contributed by atoms with E-state index in [0.717, 1.165) is 22.3 Å². The summed E-state index contributed by atoms with van der Waals surface area (Å²) >= 11 is 0. The summed E-state index contributed by atoms with van der Waals surface area (Å²) in [6.07, 6.45) is 23.5. The third kappa shape index (κ3) is 10.3. The molecule has 4 N–H and O–H groups in total. The van der Waals surface area contributed by atoms with Crippen LogP contribution in [0.15, 0.2) is 48.5 Å². The van der Waals surface area contributed by atoms with Crippen LogP contribution in [0, 0.1) is 49.4 Å². The average molecular weight is 749 g/mol. The number of fused-ring (bicyclic) bond motifs is 8. The summed E-state index contributed by atoms with van der Waals surface area (Å²) in [6, 6.07) is 15.6. The van der Waals surface area contributed by atoms with E-state index in [1.165, 1.54) is 0 Å². The Balaban J connectivity index is 1.79. The van der Waals surface area contributed by atoms with Gasteiger partial charge >= 0.3 is 0 Å². The van der Waals surface area contributed by atoms with Gasteiger partial charge in [0.15, 0.2) is 0 Å². The van der Waals surface area contributed by atoms with Gasteiger partial charge in [0.1, 0.15) is 23.0 Å². The molecule has 56 heavy (non-hydrogen) atoms. The van der Waals surface area contributed by atoms with Crippen LogP contribution in [0.5, 0.6) is 23.0 Å². The molecule has 0 saturated carbocycles. The normalized spacial score (nSPS) is 12.4. The van der Waals surface area contributed by atoms with Crippen LogP contribution < -0.4 is 0 Å². The molecule has 0 aromatic heterocycles. The van der Waals surface area contributed by atoms with E-state index in [0.29, 0.717) is 96.9 Å². The predicted molar refractivity (Wildman–Crippen MR) is 224 cm³/mol. The van der Waals surface area contributed by atoms with Crippen molar-refractivity contribution in [1.82, 2.24) is 19.6 Å². The quantitative estimate of drug-likeness (QED) is 0.125. The first kappa shape index (κ1) is 41.3. The molecule has 0 amide bonds. The summed E-state index contributed by atoms with van der Waals surface area (Å²) in [5.41, 5.74) is 8.75. The molecule has 1 aliphatic rings. The van der Waals surface area contributed by atoms with E-state index in [9.17, 15) is 20.4 Å². The second-order valence-electron chi connectivity index (χ2n) is 15.3. The highest BCUT2D eigenvalue weighted by Crippen LogP contribution is 2.39. The Labute approximate surface area is 333 Å². The number of terminal acetylenes is 4. The number of nitrogens with zero attached hydrogens (tertiary/aromatic N) is 4. The van der Waals surface area contributed by atoms with Crippen LogP contribution in [-0.2, 0) is 51.9 Å². The lowest BCUT2D eigenvalue weighted by Gasteiger charge is -2.22. The highest BCUT2D eigenvalue weighted by atomic mass is 16.3. The molecule has 1 aliphatic carbocycles. The zero-order chi connectivity index (χ0) is 40.5. The summed E-state index contributed by atoms with van der Waals surface area (Å²) in [5, 5.41) is 48.0. The summed E-state index contributed by atoms with van der Waals surface area (Å²) < 4.78 is 0. The van der Waals surface area contributed by atoms with Gasteiger partial charge in [-0.3, -0.25) is 19.6 Å². The summed E-state index contributed by atoms with van der Waals surface area (Å²) in [7, 11) is 7.76. The Morgan fingerprint density at radius 2 is 0.536 bits per heavy atom. The minimum absolute atomic E-state index is 0.0932. The zero-order valence-electron chi connectivity index (χ0n) is 33.0. The standard InChI is InChI=1S/C48H52N4O4/c1-9-13-49(5)29-33-17-37-25-39-19-34(30-50(6)14-10-2)21-41(46(39)54)27-43-23-36(32-52(8)16-12-4)24-44(48(43)56)28-42-22-35(31-51(7)15-11-3)20-40(47(42)55)26-38(18-33)45(37)53/h1-4,17-24,53-56H,13-16,25-32H2,5-8H3. The third-order valence-corrected chi connectivity index (χ3v) is 10.1. The van der Waals surface area contributed by atoms with Gasteiger partial charge in [0.25, 0.3) is 0 Å². The van der Waals surface area contributed by atoms with Crippen molar-refractivity contribution in [2.45, 2.75) is 51.9 Å². The number of rotatable bonds is 12. The molecular formula is C48H52N4O4. The van der Waals surface area contributed by atoms with Crippen molar-refractivity contribution in [3.8, 4) is 72.4 Å². The molecule has 8 heteroatoms. The van der Waals surface area contributed by atoms with E-state index in [1.54, 1.807) is 0 Å². The first-order valence-corrected chi connectivity index (χ1v) is 18.6. The van der Waals surface area contributed by atoms with Crippen LogP contribution >= 0.6 is 0 Å². The fraction of sp³-hybridized carbons (Fsp3) is 0.333. The molecule has 0 heterocycles.